The molecule has 0 spiro atoms. The van der Waals surface area contributed by atoms with Crippen LogP contribution in [0.3, 0.4) is 0 Å². The van der Waals surface area contributed by atoms with Crippen LogP contribution in [-0.4, -0.2) is 68.7 Å². The van der Waals surface area contributed by atoms with Crippen molar-refractivity contribution in [1.29, 1.82) is 0 Å². The number of hydrogen-bond acceptors (Lipinski definition) is 5. The van der Waals surface area contributed by atoms with Crippen LogP contribution in [0.1, 0.15) is 40.5 Å². The Bertz CT molecular complexity index is 331. The van der Waals surface area contributed by atoms with Crippen LogP contribution in [0, 0.1) is 0 Å². The van der Waals surface area contributed by atoms with Crippen molar-refractivity contribution in [2.45, 2.75) is 58.3 Å². The number of amides is 1. The first-order chi connectivity index (χ1) is 10.3. The molecule has 130 valence electrons. The summed E-state index contributed by atoms with van der Waals surface area (Å²) < 4.78 is 16.2. The van der Waals surface area contributed by atoms with Gasteiger partial charge in [-0.05, 0) is 40.5 Å². The Morgan fingerprint density at radius 2 is 2.05 bits per heavy atom. The van der Waals surface area contributed by atoms with Gasteiger partial charge in [0.05, 0.1) is 18.8 Å². The molecule has 1 N–H and O–H groups in total. The highest BCUT2D eigenvalue weighted by molar-refractivity contribution is 5.68. The molecule has 0 radical (unpaired) electrons. The van der Waals surface area contributed by atoms with E-state index in [0.717, 1.165) is 25.9 Å². The summed E-state index contributed by atoms with van der Waals surface area (Å²) in [5.41, 5.74) is -0.482. The minimum Gasteiger partial charge on any atom is -0.444 e. The van der Waals surface area contributed by atoms with E-state index in [4.69, 9.17) is 14.2 Å². The number of carbonyl (C=O) groups excluding carboxylic acids is 1. The SMILES string of the molecule is COCCN(CCNCC1CCC(C)O1)C(=O)OC(C)(C)C. The Labute approximate surface area is 134 Å². The van der Waals surface area contributed by atoms with Gasteiger partial charge in [0.15, 0.2) is 0 Å². The summed E-state index contributed by atoms with van der Waals surface area (Å²) in [5.74, 6) is 0. The molecule has 1 heterocycles. The maximum atomic E-state index is 12.2. The normalized spacial score (nSPS) is 21.9. The molecule has 6 nitrogen and oxygen atoms in total. The van der Waals surface area contributed by atoms with E-state index in [1.807, 2.05) is 20.8 Å². The fraction of sp³-hybridized carbons (Fsp3) is 0.938. The van der Waals surface area contributed by atoms with Crippen molar-refractivity contribution >= 4 is 6.09 Å². The van der Waals surface area contributed by atoms with Gasteiger partial charge in [-0.3, -0.25) is 0 Å². The molecule has 1 aliphatic heterocycles. The number of nitrogens with one attached hydrogen (secondary N) is 1. The highest BCUT2D eigenvalue weighted by Gasteiger charge is 2.23. The van der Waals surface area contributed by atoms with Crippen molar-refractivity contribution < 1.29 is 19.0 Å². The highest BCUT2D eigenvalue weighted by Crippen LogP contribution is 2.18. The first-order valence-electron chi connectivity index (χ1n) is 8.15. The second-order valence-corrected chi connectivity index (χ2v) is 6.81. The third kappa shape index (κ3) is 7.96. The predicted molar refractivity (Wildman–Crippen MR) is 86.1 cm³/mol. The number of carbonyl (C=O) groups is 1. The largest absolute Gasteiger partial charge is 0.444 e. The van der Waals surface area contributed by atoms with Crippen molar-refractivity contribution in [3.63, 3.8) is 0 Å². The van der Waals surface area contributed by atoms with Gasteiger partial charge < -0.3 is 24.4 Å². The fourth-order valence-corrected chi connectivity index (χ4v) is 2.33. The minimum atomic E-state index is -0.482. The van der Waals surface area contributed by atoms with Crippen molar-refractivity contribution in [1.82, 2.24) is 10.2 Å². The van der Waals surface area contributed by atoms with Gasteiger partial charge in [-0.1, -0.05) is 0 Å². The predicted octanol–water partition coefficient (Wildman–Crippen LogP) is 2.03. The molecular formula is C16H32N2O4. The molecule has 22 heavy (non-hydrogen) atoms. The summed E-state index contributed by atoms with van der Waals surface area (Å²) in [4.78, 5) is 13.8. The van der Waals surface area contributed by atoms with Crippen molar-refractivity contribution in [2.24, 2.45) is 0 Å². The Morgan fingerprint density at radius 1 is 1.32 bits per heavy atom. The smallest absolute Gasteiger partial charge is 0.410 e. The van der Waals surface area contributed by atoms with Gasteiger partial charge in [0.25, 0.3) is 0 Å². The number of methoxy groups -OCH3 is 1. The Balaban J connectivity index is 2.29. The van der Waals surface area contributed by atoms with E-state index in [0.29, 0.717) is 31.9 Å². The zero-order chi connectivity index (χ0) is 16.6. The zero-order valence-corrected chi connectivity index (χ0v) is 14.7. The molecule has 1 fully saturated rings. The summed E-state index contributed by atoms with van der Waals surface area (Å²) in [7, 11) is 1.63. The second-order valence-electron chi connectivity index (χ2n) is 6.81. The molecule has 1 amide bonds. The minimum absolute atomic E-state index is 0.294. The number of ether oxygens (including phenoxy) is 3. The second kappa shape index (κ2) is 9.33. The average Bonchev–Trinajstić information content (AvgIpc) is 2.81. The molecule has 2 atom stereocenters. The molecule has 0 bridgehead atoms. The van der Waals surface area contributed by atoms with Gasteiger partial charge in [-0.25, -0.2) is 4.79 Å². The van der Waals surface area contributed by atoms with Gasteiger partial charge in [0.2, 0.25) is 0 Å². The van der Waals surface area contributed by atoms with Gasteiger partial charge in [-0.15, -0.1) is 0 Å². The maximum Gasteiger partial charge on any atom is 0.410 e. The Hall–Kier alpha value is -0.850. The summed E-state index contributed by atoms with van der Waals surface area (Å²) in [6.45, 7) is 10.9. The molecule has 0 aliphatic carbocycles. The van der Waals surface area contributed by atoms with Gasteiger partial charge in [0.1, 0.15) is 5.60 Å². The van der Waals surface area contributed by atoms with Crippen LogP contribution < -0.4 is 5.32 Å². The van der Waals surface area contributed by atoms with Gasteiger partial charge in [-0.2, -0.15) is 0 Å². The van der Waals surface area contributed by atoms with E-state index < -0.39 is 5.60 Å². The summed E-state index contributed by atoms with van der Waals surface area (Å²) in [5, 5.41) is 3.36. The van der Waals surface area contributed by atoms with Crippen LogP contribution >= 0.6 is 0 Å². The van der Waals surface area contributed by atoms with E-state index >= 15 is 0 Å². The van der Waals surface area contributed by atoms with Crippen LogP contribution in [0.4, 0.5) is 4.79 Å². The molecular weight excluding hydrogens is 284 g/mol. The zero-order valence-electron chi connectivity index (χ0n) is 14.7. The summed E-state index contributed by atoms with van der Waals surface area (Å²) >= 11 is 0. The lowest BCUT2D eigenvalue weighted by Gasteiger charge is -2.27. The average molecular weight is 316 g/mol. The highest BCUT2D eigenvalue weighted by atomic mass is 16.6. The topological polar surface area (TPSA) is 60.0 Å². The standard InChI is InChI=1S/C16H32N2O4/c1-13-6-7-14(21-13)12-17-8-9-18(10-11-20-5)15(19)22-16(2,3)4/h13-14,17H,6-12H2,1-5H3. The summed E-state index contributed by atoms with van der Waals surface area (Å²) in [6.07, 6.45) is 2.60. The molecule has 6 heteroatoms. The van der Waals surface area contributed by atoms with Crippen LogP contribution in [0.2, 0.25) is 0 Å². The lowest BCUT2D eigenvalue weighted by Crippen LogP contribution is -2.42. The molecule has 0 aromatic heterocycles. The van der Waals surface area contributed by atoms with Crippen molar-refractivity contribution in [3.05, 3.63) is 0 Å². The number of nitrogens with zero attached hydrogens (tertiary/aromatic N) is 1. The van der Waals surface area contributed by atoms with Crippen LogP contribution in [0.25, 0.3) is 0 Å². The van der Waals surface area contributed by atoms with E-state index in [-0.39, 0.29) is 6.09 Å². The molecule has 0 aromatic carbocycles. The van der Waals surface area contributed by atoms with E-state index in [9.17, 15) is 4.79 Å². The quantitative estimate of drug-likeness (QED) is 0.694. The number of hydrogen-bond donors (Lipinski definition) is 1. The van der Waals surface area contributed by atoms with Gasteiger partial charge in [0, 0.05) is 33.3 Å². The van der Waals surface area contributed by atoms with Crippen LogP contribution in [0.15, 0.2) is 0 Å². The van der Waals surface area contributed by atoms with E-state index in [1.54, 1.807) is 12.0 Å². The van der Waals surface area contributed by atoms with Gasteiger partial charge >= 0.3 is 6.09 Å². The number of rotatable bonds is 8. The molecule has 1 aliphatic rings. The molecule has 1 rings (SSSR count). The molecule has 1 saturated heterocycles. The third-order valence-corrected chi connectivity index (χ3v) is 3.47. The molecule has 0 aromatic rings. The van der Waals surface area contributed by atoms with Crippen molar-refractivity contribution in [2.75, 3.05) is 39.9 Å². The third-order valence-electron chi connectivity index (χ3n) is 3.47. The van der Waals surface area contributed by atoms with E-state index in [1.165, 1.54) is 0 Å². The first-order valence-corrected chi connectivity index (χ1v) is 8.15. The lowest BCUT2D eigenvalue weighted by molar-refractivity contribution is 0.0200. The molecule has 0 saturated carbocycles. The maximum absolute atomic E-state index is 12.2. The van der Waals surface area contributed by atoms with Crippen molar-refractivity contribution in [3.8, 4) is 0 Å². The lowest BCUT2D eigenvalue weighted by atomic mass is 10.2. The first kappa shape index (κ1) is 19.2. The van der Waals surface area contributed by atoms with E-state index in [2.05, 4.69) is 12.2 Å². The fourth-order valence-electron chi connectivity index (χ4n) is 2.33. The van der Waals surface area contributed by atoms with Crippen LogP contribution in [0.5, 0.6) is 0 Å². The Morgan fingerprint density at radius 3 is 2.59 bits per heavy atom. The summed E-state index contributed by atoms with van der Waals surface area (Å²) in [6, 6.07) is 0. The molecule has 2 unspecified atom stereocenters. The van der Waals surface area contributed by atoms with Crippen LogP contribution in [-0.2, 0) is 14.2 Å². The Kier molecular flexibility index (Phi) is 8.14. The monoisotopic (exact) mass is 316 g/mol.